The molecule has 0 fully saturated rings. The smallest absolute Gasteiger partial charge is 0.475 e. The van der Waals surface area contributed by atoms with Gasteiger partial charge < -0.3 is 18.7 Å². The highest BCUT2D eigenvalue weighted by atomic mass is 31.2. The van der Waals surface area contributed by atoms with Crippen LogP contribution in [0.2, 0.25) is 0 Å². The molecular formula is C23H36N2O8P2. The van der Waals surface area contributed by atoms with Gasteiger partial charge in [-0.3, -0.25) is 18.1 Å². The van der Waals surface area contributed by atoms with E-state index in [4.69, 9.17) is 27.4 Å². The number of nitrogens with zero attached hydrogens (tertiary/aromatic N) is 2. The first kappa shape index (κ1) is 29.5. The molecule has 1 unspecified atom stereocenters. The van der Waals surface area contributed by atoms with Crippen LogP contribution < -0.4 is 9.64 Å². The average Bonchev–Trinajstić information content (AvgIpc) is 2.84. The zero-order valence-electron chi connectivity index (χ0n) is 21.0. The van der Waals surface area contributed by atoms with Crippen molar-refractivity contribution in [2.45, 2.75) is 33.5 Å². The van der Waals surface area contributed by atoms with Crippen molar-refractivity contribution in [2.24, 2.45) is 0 Å². The van der Waals surface area contributed by atoms with E-state index in [-0.39, 0.29) is 26.4 Å². The molecule has 0 spiro atoms. The molecule has 1 atom stereocenters. The number of benzene rings is 1. The lowest BCUT2D eigenvalue weighted by Crippen LogP contribution is -2.24. The quantitative estimate of drug-likeness (QED) is 0.224. The highest BCUT2D eigenvalue weighted by Crippen LogP contribution is 2.67. The zero-order valence-corrected chi connectivity index (χ0v) is 22.8. The number of phosphoric acid groups is 1. The number of hydrogen-bond donors (Lipinski definition) is 0. The van der Waals surface area contributed by atoms with Crippen molar-refractivity contribution in [2.75, 3.05) is 51.5 Å². The van der Waals surface area contributed by atoms with E-state index in [0.717, 1.165) is 5.82 Å². The van der Waals surface area contributed by atoms with Gasteiger partial charge >= 0.3 is 15.4 Å². The van der Waals surface area contributed by atoms with Crippen molar-refractivity contribution in [1.82, 2.24) is 4.98 Å². The Morgan fingerprint density at radius 2 is 1.46 bits per heavy atom. The second kappa shape index (κ2) is 14.7. The molecule has 0 bridgehead atoms. The predicted molar refractivity (Wildman–Crippen MR) is 135 cm³/mol. The minimum Gasteiger partial charge on any atom is -0.492 e. The van der Waals surface area contributed by atoms with E-state index in [1.165, 1.54) is 0 Å². The van der Waals surface area contributed by atoms with E-state index < -0.39 is 21.3 Å². The first-order valence-corrected chi connectivity index (χ1v) is 14.7. The maximum atomic E-state index is 13.6. The Labute approximate surface area is 208 Å². The number of anilines is 1. The molecule has 12 heteroatoms. The molecule has 0 N–H and O–H groups in total. The second-order valence-electron chi connectivity index (χ2n) is 7.14. The normalized spacial score (nSPS) is 12.9. The van der Waals surface area contributed by atoms with Gasteiger partial charge in [-0.15, -0.1) is 0 Å². The zero-order chi connectivity index (χ0) is 25.7. The first-order chi connectivity index (χ1) is 16.8. The Bertz CT molecular complexity index is 942. The van der Waals surface area contributed by atoms with Crippen LogP contribution >= 0.6 is 15.4 Å². The molecule has 0 saturated carbocycles. The average molecular weight is 530 g/mol. The Balaban J connectivity index is 2.19. The van der Waals surface area contributed by atoms with E-state index >= 15 is 0 Å². The topological polar surface area (TPSA) is 106 Å². The molecule has 0 aliphatic heterocycles. The van der Waals surface area contributed by atoms with Crippen molar-refractivity contribution >= 4 is 21.2 Å². The van der Waals surface area contributed by atoms with Crippen molar-refractivity contribution < 1.29 is 36.5 Å². The largest absolute Gasteiger partial charge is 0.492 e. The Hall–Kier alpha value is -1.77. The summed E-state index contributed by atoms with van der Waals surface area (Å²) in [6, 6.07) is 12.5. The van der Waals surface area contributed by atoms with Crippen LogP contribution in [0.1, 0.15) is 39.1 Å². The van der Waals surface area contributed by atoms with Crippen LogP contribution in [-0.2, 0) is 31.7 Å². The lowest BCUT2D eigenvalue weighted by Gasteiger charge is -2.29. The van der Waals surface area contributed by atoms with Gasteiger partial charge in [0.15, 0.2) is 5.85 Å². The van der Waals surface area contributed by atoms with Crippen LogP contribution in [0.15, 0.2) is 48.7 Å². The Morgan fingerprint density at radius 1 is 0.857 bits per heavy atom. The summed E-state index contributed by atoms with van der Waals surface area (Å²) in [5, 5.41) is 0. The van der Waals surface area contributed by atoms with E-state index in [2.05, 4.69) is 4.98 Å². The van der Waals surface area contributed by atoms with Crippen molar-refractivity contribution in [3.63, 3.8) is 0 Å². The third-order valence-electron chi connectivity index (χ3n) is 4.61. The second-order valence-corrected chi connectivity index (χ2v) is 10.8. The summed E-state index contributed by atoms with van der Waals surface area (Å²) in [7, 11) is -5.98. The third-order valence-corrected chi connectivity index (χ3v) is 8.61. The van der Waals surface area contributed by atoms with Crippen molar-refractivity contribution in [3.05, 3.63) is 54.2 Å². The number of pyridine rings is 1. The van der Waals surface area contributed by atoms with Crippen LogP contribution in [-0.4, -0.2) is 51.6 Å². The van der Waals surface area contributed by atoms with Gasteiger partial charge in [0.2, 0.25) is 0 Å². The van der Waals surface area contributed by atoms with Crippen LogP contribution in [0.4, 0.5) is 5.82 Å². The molecule has 2 rings (SSSR count). The SMILES string of the molecule is CCOP(=O)(OCC)OC(c1ccc(OCCN(C)c2ccccn2)cc1)P(=O)(OCC)OCC. The highest BCUT2D eigenvalue weighted by molar-refractivity contribution is 7.55. The molecule has 1 heterocycles. The summed E-state index contributed by atoms with van der Waals surface area (Å²) >= 11 is 0. The number of hydrogen-bond acceptors (Lipinski definition) is 10. The fraction of sp³-hybridized carbons (Fsp3) is 0.522. The van der Waals surface area contributed by atoms with Gasteiger partial charge in [-0.05, 0) is 57.5 Å². The van der Waals surface area contributed by atoms with Gasteiger partial charge in [0.05, 0.1) is 33.0 Å². The van der Waals surface area contributed by atoms with E-state index in [1.807, 2.05) is 30.1 Å². The van der Waals surface area contributed by atoms with Crippen molar-refractivity contribution in [3.8, 4) is 5.75 Å². The van der Waals surface area contributed by atoms with Gasteiger partial charge in [-0.2, -0.15) is 0 Å². The lowest BCUT2D eigenvalue weighted by molar-refractivity contribution is 0.0892. The first-order valence-electron chi connectivity index (χ1n) is 11.6. The van der Waals surface area contributed by atoms with Gasteiger partial charge in [-0.25, -0.2) is 9.55 Å². The maximum absolute atomic E-state index is 13.6. The maximum Gasteiger partial charge on any atom is 0.475 e. The molecule has 196 valence electrons. The summed E-state index contributed by atoms with van der Waals surface area (Å²) < 4.78 is 59.8. The fourth-order valence-electron chi connectivity index (χ4n) is 3.09. The minimum absolute atomic E-state index is 0.0806. The monoisotopic (exact) mass is 530 g/mol. The minimum atomic E-state index is -4.03. The summed E-state index contributed by atoms with van der Waals surface area (Å²) in [5.74, 6) is 0.125. The molecule has 0 aliphatic rings. The molecule has 0 saturated heterocycles. The van der Waals surface area contributed by atoms with Gasteiger partial charge in [0.1, 0.15) is 18.2 Å². The molecule has 1 aromatic carbocycles. The van der Waals surface area contributed by atoms with Crippen LogP contribution in [0.5, 0.6) is 5.75 Å². The van der Waals surface area contributed by atoms with E-state index in [1.54, 1.807) is 58.2 Å². The van der Waals surface area contributed by atoms with Gasteiger partial charge in [-0.1, -0.05) is 18.2 Å². The molecule has 2 aromatic rings. The van der Waals surface area contributed by atoms with Crippen molar-refractivity contribution in [1.29, 1.82) is 0 Å². The van der Waals surface area contributed by atoms with Crippen LogP contribution in [0.3, 0.4) is 0 Å². The lowest BCUT2D eigenvalue weighted by atomic mass is 10.2. The molecule has 35 heavy (non-hydrogen) atoms. The molecule has 0 amide bonds. The molecule has 0 aliphatic carbocycles. The number of ether oxygens (including phenoxy) is 1. The van der Waals surface area contributed by atoms with Crippen LogP contribution in [0.25, 0.3) is 0 Å². The predicted octanol–water partition coefficient (Wildman–Crippen LogP) is 6.06. The van der Waals surface area contributed by atoms with E-state index in [0.29, 0.717) is 24.5 Å². The highest BCUT2D eigenvalue weighted by Gasteiger charge is 2.44. The molecule has 0 radical (unpaired) electrons. The van der Waals surface area contributed by atoms with Gasteiger partial charge in [0, 0.05) is 13.2 Å². The number of phosphoric ester groups is 1. The molecule has 1 aromatic heterocycles. The van der Waals surface area contributed by atoms with E-state index in [9.17, 15) is 9.13 Å². The molecular weight excluding hydrogens is 494 g/mol. The summed E-state index contributed by atoms with van der Waals surface area (Å²) in [5.41, 5.74) is 0.424. The Kier molecular flexibility index (Phi) is 12.4. The number of likely N-dealkylation sites (N-methyl/N-ethyl adjacent to an activating group) is 1. The summed E-state index contributed by atoms with van der Waals surface area (Å²) in [6.45, 7) is 8.11. The molecule has 10 nitrogen and oxygen atoms in total. The fourth-order valence-corrected chi connectivity index (χ4v) is 6.70. The Morgan fingerprint density at radius 3 is 1.97 bits per heavy atom. The van der Waals surface area contributed by atoms with Crippen LogP contribution in [0, 0.1) is 0 Å². The number of rotatable bonds is 17. The summed E-state index contributed by atoms with van der Waals surface area (Å²) in [4.78, 5) is 6.29. The number of aromatic nitrogens is 1. The summed E-state index contributed by atoms with van der Waals surface area (Å²) in [6.07, 6.45) is 1.74. The standard InChI is InChI=1S/C23H36N2O8P2/c1-6-29-34(26,30-7-2)23(33-35(27,31-8-3)32-9-4)20-13-15-21(16-14-20)28-19-18-25(5)22-12-10-11-17-24-22/h10-17,23H,6-9,18-19H2,1-5H3. The van der Waals surface area contributed by atoms with Gasteiger partial charge in [0.25, 0.3) is 0 Å². The third kappa shape index (κ3) is 8.99.